The van der Waals surface area contributed by atoms with Crippen molar-refractivity contribution in [2.45, 2.75) is 44.1 Å². The van der Waals surface area contributed by atoms with E-state index >= 15 is 0 Å². The minimum absolute atomic E-state index is 0.0163. The summed E-state index contributed by atoms with van der Waals surface area (Å²) in [7, 11) is -1.09. The van der Waals surface area contributed by atoms with Crippen LogP contribution in [0.3, 0.4) is 0 Å². The summed E-state index contributed by atoms with van der Waals surface area (Å²) in [6, 6.07) is 9.37. The molecule has 1 aliphatic heterocycles. The number of carboxylic acids is 1. The van der Waals surface area contributed by atoms with Crippen LogP contribution in [0.15, 0.2) is 30.3 Å². The minimum atomic E-state index is -1.09. The summed E-state index contributed by atoms with van der Waals surface area (Å²) >= 11 is 0. The van der Waals surface area contributed by atoms with Crippen LogP contribution in [0.4, 0.5) is 0 Å². The van der Waals surface area contributed by atoms with Gasteiger partial charge in [0.2, 0.25) is 5.91 Å². The number of hydrogen-bond acceptors (Lipinski definition) is 4. The molecule has 0 spiro atoms. The summed E-state index contributed by atoms with van der Waals surface area (Å²) in [5.41, 5.74) is 0.908. The summed E-state index contributed by atoms with van der Waals surface area (Å²) < 4.78 is 5.38. The molecule has 1 aromatic rings. The smallest absolute Gasteiger partial charge is 0.478 e. The first-order valence-corrected chi connectivity index (χ1v) is 7.43. The second kappa shape index (κ2) is 7.96. The van der Waals surface area contributed by atoms with E-state index in [0.717, 1.165) is 5.56 Å². The lowest BCUT2D eigenvalue weighted by Gasteiger charge is -2.31. The molecule has 0 unspecified atom stereocenters. The normalized spacial score (nSPS) is 21.4. The van der Waals surface area contributed by atoms with E-state index in [4.69, 9.17) is 9.76 Å². The highest BCUT2D eigenvalue weighted by Gasteiger charge is 2.35. The number of amides is 1. The number of rotatable bonds is 6. The van der Waals surface area contributed by atoms with Crippen molar-refractivity contribution in [3.8, 4) is 0 Å². The number of carbonyl (C=O) groups excluding carboxylic acids is 1. The van der Waals surface area contributed by atoms with E-state index in [0.29, 0.717) is 19.3 Å². The molecule has 118 valence electrons. The molecule has 1 aliphatic rings. The molecule has 1 fully saturated rings. The highest BCUT2D eigenvalue weighted by Crippen LogP contribution is 2.19. The van der Waals surface area contributed by atoms with Crippen molar-refractivity contribution < 1.29 is 24.4 Å². The molecular formula is C15H20BNO5. The first-order chi connectivity index (χ1) is 10.5. The van der Waals surface area contributed by atoms with Crippen molar-refractivity contribution in [1.82, 2.24) is 5.32 Å². The summed E-state index contributed by atoms with van der Waals surface area (Å²) in [6.45, 7) is 0. The number of aliphatic carboxylic acids is 1. The molecule has 3 N–H and O–H groups in total. The maximum atomic E-state index is 12.0. The SMILES string of the molecule is O=C(O)CC[C@@H]1CC[C@H](NC(=O)Cc2ccccc2)B(O)O1. The minimum Gasteiger partial charge on any atom is -0.481 e. The zero-order valence-electron chi connectivity index (χ0n) is 12.3. The fraction of sp³-hybridized carbons (Fsp3) is 0.467. The topological polar surface area (TPSA) is 95.9 Å². The van der Waals surface area contributed by atoms with Gasteiger partial charge in [0.05, 0.1) is 12.4 Å². The maximum Gasteiger partial charge on any atom is 0.478 e. The molecule has 1 saturated heterocycles. The van der Waals surface area contributed by atoms with Gasteiger partial charge >= 0.3 is 13.1 Å². The van der Waals surface area contributed by atoms with Crippen LogP contribution in [0.2, 0.25) is 0 Å². The summed E-state index contributed by atoms with van der Waals surface area (Å²) in [5.74, 6) is -1.49. The average molecular weight is 305 g/mol. The third-order valence-corrected chi connectivity index (χ3v) is 3.71. The average Bonchev–Trinajstić information content (AvgIpc) is 2.48. The Hall–Kier alpha value is -1.86. The molecule has 1 aromatic carbocycles. The fourth-order valence-corrected chi connectivity index (χ4v) is 2.55. The number of benzene rings is 1. The summed E-state index contributed by atoms with van der Waals surface area (Å²) in [4.78, 5) is 22.5. The van der Waals surface area contributed by atoms with Gasteiger partial charge in [0.25, 0.3) is 0 Å². The van der Waals surface area contributed by atoms with Gasteiger partial charge in [-0.05, 0) is 24.8 Å². The van der Waals surface area contributed by atoms with Gasteiger partial charge in [-0.1, -0.05) is 30.3 Å². The summed E-state index contributed by atoms with van der Waals surface area (Å²) in [5, 5.41) is 21.4. The van der Waals surface area contributed by atoms with Gasteiger partial charge < -0.3 is 20.1 Å². The van der Waals surface area contributed by atoms with E-state index in [1.165, 1.54) is 0 Å². The van der Waals surface area contributed by atoms with Crippen molar-refractivity contribution in [2.24, 2.45) is 0 Å². The van der Waals surface area contributed by atoms with Crippen LogP contribution < -0.4 is 5.32 Å². The molecule has 22 heavy (non-hydrogen) atoms. The van der Waals surface area contributed by atoms with Gasteiger partial charge in [-0.15, -0.1) is 0 Å². The molecular weight excluding hydrogens is 285 g/mol. The number of nitrogens with one attached hydrogen (secondary N) is 1. The van der Waals surface area contributed by atoms with E-state index in [9.17, 15) is 14.6 Å². The highest BCUT2D eigenvalue weighted by atomic mass is 16.5. The maximum absolute atomic E-state index is 12.0. The first kappa shape index (κ1) is 16.5. The largest absolute Gasteiger partial charge is 0.481 e. The van der Waals surface area contributed by atoms with Crippen molar-refractivity contribution in [2.75, 3.05) is 0 Å². The lowest BCUT2D eigenvalue weighted by atomic mass is 9.72. The van der Waals surface area contributed by atoms with Crippen LogP contribution in [0.1, 0.15) is 31.2 Å². The van der Waals surface area contributed by atoms with Crippen LogP contribution in [0.25, 0.3) is 0 Å². The first-order valence-electron chi connectivity index (χ1n) is 7.43. The van der Waals surface area contributed by atoms with Gasteiger partial charge in [-0.3, -0.25) is 9.59 Å². The highest BCUT2D eigenvalue weighted by molar-refractivity contribution is 6.45. The molecule has 2 atom stereocenters. The standard InChI is InChI=1S/C15H20BNO5/c18-14(10-11-4-2-1-3-5-11)17-13-8-6-12(22-16(13)21)7-9-15(19)20/h1-5,12-13,21H,6-10H2,(H,17,18)(H,19,20)/t12-,13-/m0/s1. The zero-order valence-corrected chi connectivity index (χ0v) is 12.3. The Bertz CT molecular complexity index is 510. The van der Waals surface area contributed by atoms with Crippen LogP contribution in [-0.2, 0) is 20.7 Å². The van der Waals surface area contributed by atoms with Crippen molar-refractivity contribution in [1.29, 1.82) is 0 Å². The van der Waals surface area contributed by atoms with Crippen LogP contribution in [0.5, 0.6) is 0 Å². The van der Waals surface area contributed by atoms with E-state index < -0.39 is 19.0 Å². The van der Waals surface area contributed by atoms with E-state index in [1.807, 2.05) is 30.3 Å². The molecule has 0 aliphatic carbocycles. The molecule has 0 bridgehead atoms. The van der Waals surface area contributed by atoms with Gasteiger partial charge in [-0.2, -0.15) is 0 Å². The Morgan fingerprint density at radius 2 is 2.00 bits per heavy atom. The fourth-order valence-electron chi connectivity index (χ4n) is 2.55. The molecule has 1 amide bonds. The predicted octanol–water partition coefficient (Wildman–Crippen LogP) is 0.777. The van der Waals surface area contributed by atoms with Gasteiger partial charge in [0, 0.05) is 12.5 Å². The predicted molar refractivity (Wildman–Crippen MR) is 81.0 cm³/mol. The van der Waals surface area contributed by atoms with Crippen molar-refractivity contribution in [3.05, 3.63) is 35.9 Å². The Morgan fingerprint density at radius 3 is 2.64 bits per heavy atom. The van der Waals surface area contributed by atoms with Gasteiger partial charge in [-0.25, -0.2) is 0 Å². The Morgan fingerprint density at radius 1 is 1.27 bits per heavy atom. The van der Waals surface area contributed by atoms with Crippen LogP contribution in [-0.4, -0.2) is 41.2 Å². The molecule has 7 heteroatoms. The monoisotopic (exact) mass is 305 g/mol. The van der Waals surface area contributed by atoms with E-state index in [2.05, 4.69) is 5.32 Å². The Labute approximate surface area is 129 Å². The molecule has 2 rings (SSSR count). The molecule has 0 radical (unpaired) electrons. The second-order valence-corrected chi connectivity index (χ2v) is 5.49. The molecule has 0 saturated carbocycles. The molecule has 6 nitrogen and oxygen atoms in total. The third kappa shape index (κ3) is 5.16. The number of carboxylic acid groups (broad SMARTS) is 1. The Balaban J connectivity index is 1.77. The van der Waals surface area contributed by atoms with E-state index in [1.54, 1.807) is 0 Å². The third-order valence-electron chi connectivity index (χ3n) is 3.71. The quantitative estimate of drug-likeness (QED) is 0.675. The molecule has 0 aromatic heterocycles. The van der Waals surface area contributed by atoms with Crippen LogP contribution in [0, 0.1) is 0 Å². The lowest BCUT2D eigenvalue weighted by Crippen LogP contribution is -2.53. The van der Waals surface area contributed by atoms with Gasteiger partial charge in [0.15, 0.2) is 0 Å². The van der Waals surface area contributed by atoms with E-state index in [-0.39, 0.29) is 24.9 Å². The zero-order chi connectivity index (χ0) is 15.9. The summed E-state index contributed by atoms with van der Waals surface area (Å²) in [6.07, 6.45) is 1.58. The second-order valence-electron chi connectivity index (χ2n) is 5.49. The Kier molecular flexibility index (Phi) is 5.97. The molecule has 1 heterocycles. The van der Waals surface area contributed by atoms with Crippen LogP contribution >= 0.6 is 0 Å². The van der Waals surface area contributed by atoms with Gasteiger partial charge in [0.1, 0.15) is 0 Å². The van der Waals surface area contributed by atoms with Crippen molar-refractivity contribution >= 4 is 19.0 Å². The van der Waals surface area contributed by atoms with Crippen molar-refractivity contribution in [3.63, 3.8) is 0 Å². The lowest BCUT2D eigenvalue weighted by molar-refractivity contribution is -0.137. The number of carbonyl (C=O) groups is 2. The number of hydrogen-bond donors (Lipinski definition) is 3.